The van der Waals surface area contributed by atoms with E-state index in [4.69, 9.17) is 11.6 Å². The van der Waals surface area contributed by atoms with Crippen LogP contribution < -0.4 is 0 Å². The molecule has 0 aromatic carbocycles. The number of rotatable bonds is 3. The molecule has 0 saturated carbocycles. The lowest BCUT2D eigenvalue weighted by molar-refractivity contribution is -0.139. The van der Waals surface area contributed by atoms with E-state index in [1.165, 1.54) is 0 Å². The maximum absolute atomic E-state index is 13.2. The van der Waals surface area contributed by atoms with Gasteiger partial charge in [-0.1, -0.05) is 11.6 Å². The number of carbonyl (C=O) groups is 1. The van der Waals surface area contributed by atoms with Gasteiger partial charge in [0.2, 0.25) is 0 Å². The van der Waals surface area contributed by atoms with Crippen LogP contribution in [0.4, 0.5) is 13.2 Å². The summed E-state index contributed by atoms with van der Waals surface area (Å²) < 4.78 is 42.6. The fourth-order valence-electron chi connectivity index (χ4n) is 1.12. The van der Waals surface area contributed by atoms with Crippen LogP contribution in [0.15, 0.2) is 6.20 Å². The molecule has 0 aliphatic rings. The molecule has 0 amide bonds. The van der Waals surface area contributed by atoms with Crippen molar-refractivity contribution in [3.05, 3.63) is 28.3 Å². The summed E-state index contributed by atoms with van der Waals surface area (Å²) in [4.78, 5) is 14.3. The molecule has 0 bridgehead atoms. The SMILES string of the molecule is COC(=O)Cc1cnc(Cl)c(F)c1C(F)F. The summed E-state index contributed by atoms with van der Waals surface area (Å²) in [6.07, 6.45) is -2.61. The molecule has 0 aliphatic heterocycles. The Balaban J connectivity index is 3.18. The standard InChI is InChI=1S/C9H7ClF3NO2/c1-16-5(15)2-4-3-14-8(10)7(11)6(4)9(12)13/h3,9H,2H2,1H3. The van der Waals surface area contributed by atoms with Gasteiger partial charge in [-0.2, -0.15) is 0 Å². The van der Waals surface area contributed by atoms with Crippen LogP contribution in [0.1, 0.15) is 17.6 Å². The average Bonchev–Trinajstić information content (AvgIpc) is 2.23. The van der Waals surface area contributed by atoms with Crippen LogP contribution in [0.5, 0.6) is 0 Å². The first kappa shape index (κ1) is 12.8. The molecule has 1 heterocycles. The smallest absolute Gasteiger partial charge is 0.310 e. The van der Waals surface area contributed by atoms with Gasteiger partial charge >= 0.3 is 5.97 Å². The number of alkyl halides is 2. The Morgan fingerprint density at radius 2 is 2.25 bits per heavy atom. The molecule has 1 aromatic heterocycles. The number of methoxy groups -OCH3 is 1. The minimum atomic E-state index is -3.07. The molecule has 0 saturated heterocycles. The highest BCUT2D eigenvalue weighted by molar-refractivity contribution is 6.29. The average molecular weight is 254 g/mol. The highest BCUT2D eigenvalue weighted by atomic mass is 35.5. The van der Waals surface area contributed by atoms with Gasteiger partial charge in [-0.3, -0.25) is 4.79 Å². The third-order valence-electron chi connectivity index (χ3n) is 1.88. The van der Waals surface area contributed by atoms with Gasteiger partial charge in [-0.05, 0) is 5.56 Å². The van der Waals surface area contributed by atoms with Crippen molar-refractivity contribution in [1.29, 1.82) is 0 Å². The first-order valence-electron chi connectivity index (χ1n) is 4.15. The predicted molar refractivity (Wildman–Crippen MR) is 49.9 cm³/mol. The van der Waals surface area contributed by atoms with Crippen molar-refractivity contribution in [2.45, 2.75) is 12.8 Å². The molecule has 88 valence electrons. The van der Waals surface area contributed by atoms with Crippen molar-refractivity contribution in [3.63, 3.8) is 0 Å². The molecule has 0 N–H and O–H groups in total. The number of hydrogen-bond donors (Lipinski definition) is 0. The second-order valence-electron chi connectivity index (χ2n) is 2.86. The van der Waals surface area contributed by atoms with Gasteiger partial charge in [0.05, 0.1) is 19.1 Å². The molecule has 1 aromatic rings. The second-order valence-corrected chi connectivity index (χ2v) is 3.21. The Kier molecular flexibility index (Phi) is 4.12. The van der Waals surface area contributed by atoms with Gasteiger partial charge < -0.3 is 4.74 Å². The monoisotopic (exact) mass is 253 g/mol. The normalized spacial score (nSPS) is 10.6. The fraction of sp³-hybridized carbons (Fsp3) is 0.333. The first-order valence-corrected chi connectivity index (χ1v) is 4.53. The van der Waals surface area contributed by atoms with Crippen molar-refractivity contribution in [2.24, 2.45) is 0 Å². The van der Waals surface area contributed by atoms with E-state index in [9.17, 15) is 18.0 Å². The van der Waals surface area contributed by atoms with Crippen LogP contribution >= 0.6 is 11.6 Å². The minimum absolute atomic E-state index is 0.233. The van der Waals surface area contributed by atoms with E-state index >= 15 is 0 Å². The van der Waals surface area contributed by atoms with Gasteiger partial charge in [-0.15, -0.1) is 0 Å². The van der Waals surface area contributed by atoms with E-state index in [0.29, 0.717) is 0 Å². The minimum Gasteiger partial charge on any atom is -0.469 e. The fourth-order valence-corrected chi connectivity index (χ4v) is 1.27. The summed E-state index contributed by atoms with van der Waals surface area (Å²) in [5, 5.41) is -0.649. The molecule has 7 heteroatoms. The lowest BCUT2D eigenvalue weighted by Crippen LogP contribution is -2.09. The summed E-state index contributed by atoms with van der Waals surface area (Å²) in [5.74, 6) is -2.07. The molecule has 0 atom stereocenters. The first-order chi connectivity index (χ1) is 7.47. The van der Waals surface area contributed by atoms with Crippen molar-refractivity contribution in [2.75, 3.05) is 7.11 Å². The Hall–Kier alpha value is -1.30. The van der Waals surface area contributed by atoms with E-state index in [2.05, 4.69) is 9.72 Å². The number of pyridine rings is 1. The van der Waals surface area contributed by atoms with Gasteiger partial charge in [0.25, 0.3) is 6.43 Å². The van der Waals surface area contributed by atoms with Crippen molar-refractivity contribution < 1.29 is 22.7 Å². The predicted octanol–water partition coefficient (Wildman–Crippen LogP) is 2.53. The van der Waals surface area contributed by atoms with Gasteiger partial charge in [0.1, 0.15) is 0 Å². The number of halogens is 4. The van der Waals surface area contributed by atoms with Crippen LogP contribution in [0.25, 0.3) is 0 Å². The quantitative estimate of drug-likeness (QED) is 0.614. The van der Waals surface area contributed by atoms with Crippen LogP contribution in [0, 0.1) is 5.82 Å². The van der Waals surface area contributed by atoms with E-state index < -0.39 is 35.3 Å². The zero-order valence-electron chi connectivity index (χ0n) is 8.14. The number of esters is 1. The Labute approximate surface area is 94.2 Å². The van der Waals surface area contributed by atoms with E-state index in [1.54, 1.807) is 0 Å². The van der Waals surface area contributed by atoms with Crippen LogP contribution in [0.2, 0.25) is 5.15 Å². The lowest BCUT2D eigenvalue weighted by atomic mass is 10.1. The lowest BCUT2D eigenvalue weighted by Gasteiger charge is -2.09. The highest BCUT2D eigenvalue weighted by Gasteiger charge is 2.23. The molecule has 0 spiro atoms. The van der Waals surface area contributed by atoms with Crippen molar-refractivity contribution >= 4 is 17.6 Å². The van der Waals surface area contributed by atoms with Crippen molar-refractivity contribution in [1.82, 2.24) is 4.98 Å². The molecule has 0 unspecified atom stereocenters. The Bertz CT molecular complexity index is 412. The van der Waals surface area contributed by atoms with Crippen molar-refractivity contribution in [3.8, 4) is 0 Å². The number of nitrogens with zero attached hydrogens (tertiary/aromatic N) is 1. The van der Waals surface area contributed by atoms with E-state index in [1.807, 2.05) is 0 Å². The third-order valence-corrected chi connectivity index (χ3v) is 2.14. The summed E-state index contributed by atoms with van der Waals surface area (Å²) in [6.45, 7) is 0. The van der Waals surface area contributed by atoms with Gasteiger partial charge in [0.15, 0.2) is 11.0 Å². The molecule has 0 radical (unpaired) electrons. The van der Waals surface area contributed by atoms with Crippen LogP contribution in [-0.2, 0) is 16.0 Å². The second kappa shape index (κ2) is 5.16. The molecule has 16 heavy (non-hydrogen) atoms. The maximum Gasteiger partial charge on any atom is 0.310 e. The topological polar surface area (TPSA) is 39.2 Å². The number of ether oxygens (including phenoxy) is 1. The summed E-state index contributed by atoms with van der Waals surface area (Å²) >= 11 is 5.26. The maximum atomic E-state index is 13.2. The van der Waals surface area contributed by atoms with E-state index in [0.717, 1.165) is 13.3 Å². The third kappa shape index (κ3) is 2.63. The van der Waals surface area contributed by atoms with Crippen LogP contribution in [0.3, 0.4) is 0 Å². The highest BCUT2D eigenvalue weighted by Crippen LogP contribution is 2.29. The molecule has 0 aliphatic carbocycles. The summed E-state index contributed by atoms with van der Waals surface area (Å²) in [7, 11) is 1.10. The molecule has 0 fully saturated rings. The molecular weight excluding hydrogens is 247 g/mol. The number of carbonyl (C=O) groups excluding carboxylic acids is 1. The summed E-state index contributed by atoms with van der Waals surface area (Å²) in [5.41, 5.74) is -1.14. The molecular formula is C9H7ClF3NO2. The zero-order valence-corrected chi connectivity index (χ0v) is 8.89. The molecule has 1 rings (SSSR count). The Morgan fingerprint density at radius 3 is 2.75 bits per heavy atom. The zero-order chi connectivity index (χ0) is 12.3. The van der Waals surface area contributed by atoms with Gasteiger partial charge in [0, 0.05) is 6.20 Å². The van der Waals surface area contributed by atoms with Gasteiger partial charge in [-0.25, -0.2) is 18.2 Å². The molecule has 3 nitrogen and oxygen atoms in total. The number of hydrogen-bond acceptors (Lipinski definition) is 3. The number of aromatic nitrogens is 1. The summed E-state index contributed by atoms with van der Waals surface area (Å²) in [6, 6.07) is 0. The van der Waals surface area contributed by atoms with E-state index in [-0.39, 0.29) is 5.56 Å². The largest absolute Gasteiger partial charge is 0.469 e. The Morgan fingerprint density at radius 1 is 1.62 bits per heavy atom. The van der Waals surface area contributed by atoms with Crippen LogP contribution in [-0.4, -0.2) is 18.1 Å².